The van der Waals surface area contributed by atoms with Crippen LogP contribution in [0.2, 0.25) is 5.02 Å². The van der Waals surface area contributed by atoms with Crippen LogP contribution in [0.3, 0.4) is 0 Å². The molecule has 7 heteroatoms. The van der Waals surface area contributed by atoms with Gasteiger partial charge in [0.05, 0.1) is 30.5 Å². The number of fused-ring (bicyclic) bond motifs is 1. The molecule has 0 saturated heterocycles. The molecule has 1 heterocycles. The minimum Gasteiger partial charge on any atom is -0.497 e. The molecule has 0 fully saturated rings. The minimum atomic E-state index is -2.91. The molecule has 1 aromatic heterocycles. The lowest BCUT2D eigenvalue weighted by atomic mass is 10.1. The summed E-state index contributed by atoms with van der Waals surface area (Å²) >= 11 is 6.35. The third-order valence-corrected chi connectivity index (χ3v) is 4.15. The average Bonchev–Trinajstić information content (AvgIpc) is 2.66. The van der Waals surface area contributed by atoms with Crippen molar-refractivity contribution in [3.05, 3.63) is 58.7 Å². The Hall–Kier alpha value is -2.86. The maximum Gasteiger partial charge on any atom is 0.387 e. The standard InChI is InChI=1S/C20H16ClF2NO3/c1-25-14-6-7-17-15(11-14)16(21)10-13(24-17)5-3-12-4-8-18(27-20(22)23)19(9-12)26-2/h3-11,20H,1-2H3. The molecule has 0 bridgehead atoms. The number of hydrogen-bond acceptors (Lipinski definition) is 4. The first-order valence-corrected chi connectivity index (χ1v) is 8.33. The Bertz CT molecular complexity index is 992. The van der Waals surface area contributed by atoms with E-state index >= 15 is 0 Å². The van der Waals surface area contributed by atoms with E-state index in [0.717, 1.165) is 16.5 Å². The second kappa shape index (κ2) is 8.22. The molecule has 0 unspecified atom stereocenters. The molecule has 0 spiro atoms. The second-order valence-electron chi connectivity index (χ2n) is 5.53. The SMILES string of the molecule is COc1ccc2nc(C=Cc3ccc(OC(F)F)c(OC)c3)cc(Cl)c2c1. The molecule has 4 nitrogen and oxygen atoms in total. The van der Waals surface area contributed by atoms with Gasteiger partial charge in [0.25, 0.3) is 0 Å². The highest BCUT2D eigenvalue weighted by molar-refractivity contribution is 6.35. The van der Waals surface area contributed by atoms with E-state index in [0.29, 0.717) is 16.5 Å². The summed E-state index contributed by atoms with van der Waals surface area (Å²) in [5, 5.41) is 1.35. The topological polar surface area (TPSA) is 40.6 Å². The van der Waals surface area contributed by atoms with E-state index < -0.39 is 6.61 Å². The normalized spacial score (nSPS) is 11.3. The molecule has 0 saturated carbocycles. The van der Waals surface area contributed by atoms with Crippen molar-refractivity contribution in [2.24, 2.45) is 0 Å². The molecule has 2 aromatic carbocycles. The first-order chi connectivity index (χ1) is 13.0. The van der Waals surface area contributed by atoms with Gasteiger partial charge in [0.1, 0.15) is 5.75 Å². The van der Waals surface area contributed by atoms with Crippen LogP contribution in [0.4, 0.5) is 8.78 Å². The number of nitrogens with zero attached hydrogens (tertiary/aromatic N) is 1. The van der Waals surface area contributed by atoms with Crippen molar-refractivity contribution in [2.75, 3.05) is 14.2 Å². The molecule has 3 rings (SSSR count). The Balaban J connectivity index is 1.89. The Labute approximate surface area is 159 Å². The highest BCUT2D eigenvalue weighted by Crippen LogP contribution is 2.31. The van der Waals surface area contributed by atoms with E-state index in [2.05, 4.69) is 9.72 Å². The first kappa shape index (κ1) is 18.9. The Kier molecular flexibility index (Phi) is 5.76. The number of alkyl halides is 2. The fourth-order valence-electron chi connectivity index (χ4n) is 2.56. The van der Waals surface area contributed by atoms with Crippen molar-refractivity contribution >= 4 is 34.7 Å². The molecule has 3 aromatic rings. The summed E-state index contributed by atoms with van der Waals surface area (Å²) in [4.78, 5) is 4.54. The van der Waals surface area contributed by atoms with Gasteiger partial charge in [-0.3, -0.25) is 0 Å². The summed E-state index contributed by atoms with van der Waals surface area (Å²) in [7, 11) is 2.98. The Morgan fingerprint density at radius 2 is 1.78 bits per heavy atom. The van der Waals surface area contributed by atoms with Gasteiger partial charge >= 0.3 is 6.61 Å². The smallest absolute Gasteiger partial charge is 0.387 e. The predicted octanol–water partition coefficient (Wildman–Crippen LogP) is 5.68. The van der Waals surface area contributed by atoms with Gasteiger partial charge in [0.15, 0.2) is 11.5 Å². The summed E-state index contributed by atoms with van der Waals surface area (Å²) in [5.74, 6) is 0.896. The molecule has 0 aliphatic carbocycles. The van der Waals surface area contributed by atoms with E-state index in [9.17, 15) is 8.78 Å². The lowest BCUT2D eigenvalue weighted by Gasteiger charge is -2.10. The van der Waals surface area contributed by atoms with Crippen molar-refractivity contribution in [2.45, 2.75) is 6.61 Å². The number of rotatable bonds is 6. The van der Waals surface area contributed by atoms with Crippen LogP contribution >= 0.6 is 11.6 Å². The number of methoxy groups -OCH3 is 2. The fraction of sp³-hybridized carbons (Fsp3) is 0.150. The van der Waals surface area contributed by atoms with E-state index in [-0.39, 0.29) is 11.5 Å². The average molecular weight is 392 g/mol. The summed E-state index contributed by atoms with van der Waals surface area (Å²) < 4.78 is 39.5. The third kappa shape index (κ3) is 4.46. The van der Waals surface area contributed by atoms with Crippen molar-refractivity contribution < 1.29 is 23.0 Å². The zero-order chi connectivity index (χ0) is 19.4. The molecule has 0 aliphatic heterocycles. The van der Waals surface area contributed by atoms with E-state index in [1.807, 2.05) is 18.2 Å². The van der Waals surface area contributed by atoms with Crippen LogP contribution < -0.4 is 14.2 Å². The van der Waals surface area contributed by atoms with Gasteiger partial charge in [-0.15, -0.1) is 0 Å². The van der Waals surface area contributed by atoms with Gasteiger partial charge in [-0.05, 0) is 48.0 Å². The molecule has 0 radical (unpaired) electrons. The largest absolute Gasteiger partial charge is 0.497 e. The van der Waals surface area contributed by atoms with E-state index in [1.165, 1.54) is 13.2 Å². The van der Waals surface area contributed by atoms with Gasteiger partial charge in [-0.2, -0.15) is 8.78 Å². The number of halogens is 3. The van der Waals surface area contributed by atoms with Gasteiger partial charge in [-0.1, -0.05) is 23.7 Å². The van der Waals surface area contributed by atoms with Crippen molar-refractivity contribution in [1.29, 1.82) is 0 Å². The fourth-order valence-corrected chi connectivity index (χ4v) is 2.82. The van der Waals surface area contributed by atoms with Crippen LogP contribution in [0.25, 0.3) is 23.1 Å². The number of pyridine rings is 1. The maximum absolute atomic E-state index is 12.4. The zero-order valence-corrected chi connectivity index (χ0v) is 15.3. The van der Waals surface area contributed by atoms with Gasteiger partial charge in [0.2, 0.25) is 0 Å². The molecule has 0 aliphatic rings. The maximum atomic E-state index is 12.4. The number of hydrogen-bond donors (Lipinski definition) is 0. The summed E-state index contributed by atoms with van der Waals surface area (Å²) in [6.07, 6.45) is 3.56. The molecule has 0 N–H and O–H groups in total. The van der Waals surface area contributed by atoms with Crippen LogP contribution in [-0.2, 0) is 0 Å². The highest BCUT2D eigenvalue weighted by Gasteiger charge is 2.10. The van der Waals surface area contributed by atoms with Crippen molar-refractivity contribution in [3.8, 4) is 17.2 Å². The minimum absolute atomic E-state index is 0.0227. The summed E-state index contributed by atoms with van der Waals surface area (Å²) in [5.41, 5.74) is 2.13. The van der Waals surface area contributed by atoms with Crippen LogP contribution in [0.1, 0.15) is 11.3 Å². The second-order valence-corrected chi connectivity index (χ2v) is 5.94. The molecule has 0 atom stereocenters. The van der Waals surface area contributed by atoms with Crippen LogP contribution in [0.5, 0.6) is 17.2 Å². The molecule has 140 valence electrons. The van der Waals surface area contributed by atoms with Crippen molar-refractivity contribution in [3.63, 3.8) is 0 Å². The van der Waals surface area contributed by atoms with Gasteiger partial charge in [0, 0.05) is 5.39 Å². The predicted molar refractivity (Wildman–Crippen MR) is 102 cm³/mol. The quantitative estimate of drug-likeness (QED) is 0.542. The third-order valence-electron chi connectivity index (χ3n) is 3.84. The highest BCUT2D eigenvalue weighted by atomic mass is 35.5. The number of ether oxygens (including phenoxy) is 3. The van der Waals surface area contributed by atoms with Crippen LogP contribution in [0, 0.1) is 0 Å². The van der Waals surface area contributed by atoms with Gasteiger partial charge in [-0.25, -0.2) is 4.98 Å². The van der Waals surface area contributed by atoms with Crippen molar-refractivity contribution in [1.82, 2.24) is 4.98 Å². The summed E-state index contributed by atoms with van der Waals surface area (Å²) in [6.45, 7) is -2.91. The Morgan fingerprint density at radius 3 is 2.48 bits per heavy atom. The monoisotopic (exact) mass is 391 g/mol. The van der Waals surface area contributed by atoms with Gasteiger partial charge < -0.3 is 14.2 Å². The summed E-state index contributed by atoms with van der Waals surface area (Å²) in [6, 6.07) is 11.9. The van der Waals surface area contributed by atoms with E-state index in [1.54, 1.807) is 37.5 Å². The molecule has 27 heavy (non-hydrogen) atoms. The molecule has 0 amide bonds. The number of benzene rings is 2. The lowest BCUT2D eigenvalue weighted by molar-refractivity contribution is -0.0512. The lowest BCUT2D eigenvalue weighted by Crippen LogP contribution is -2.03. The van der Waals surface area contributed by atoms with E-state index in [4.69, 9.17) is 21.1 Å². The Morgan fingerprint density at radius 1 is 0.963 bits per heavy atom. The number of aromatic nitrogens is 1. The van der Waals surface area contributed by atoms with Crippen LogP contribution in [-0.4, -0.2) is 25.8 Å². The molecular weight excluding hydrogens is 376 g/mol. The zero-order valence-electron chi connectivity index (χ0n) is 14.6. The van der Waals surface area contributed by atoms with Crippen LogP contribution in [0.15, 0.2) is 42.5 Å². The first-order valence-electron chi connectivity index (χ1n) is 7.95. The molecular formula is C20H16ClF2NO3.